The molecule has 1 aromatic rings. The Labute approximate surface area is 114 Å². The fraction of sp³-hybridized carbons (Fsp3) is 0.667. The summed E-state index contributed by atoms with van der Waals surface area (Å²) >= 11 is 0. The molecular formula is C15H23NO3. The van der Waals surface area contributed by atoms with Gasteiger partial charge in [-0.3, -0.25) is 9.69 Å². The summed E-state index contributed by atoms with van der Waals surface area (Å²) in [6.07, 6.45) is 0. The van der Waals surface area contributed by atoms with Gasteiger partial charge in [-0.25, -0.2) is 0 Å². The van der Waals surface area contributed by atoms with Crippen molar-refractivity contribution in [1.82, 2.24) is 4.90 Å². The van der Waals surface area contributed by atoms with Gasteiger partial charge in [-0.1, -0.05) is 0 Å². The minimum Gasteiger partial charge on any atom is -0.457 e. The van der Waals surface area contributed by atoms with Gasteiger partial charge in [0.05, 0.1) is 19.8 Å². The van der Waals surface area contributed by atoms with Crippen molar-refractivity contribution in [3.63, 3.8) is 0 Å². The Morgan fingerprint density at radius 1 is 1.21 bits per heavy atom. The highest BCUT2D eigenvalue weighted by atomic mass is 16.5. The first kappa shape index (κ1) is 14.3. The lowest BCUT2D eigenvalue weighted by Gasteiger charge is -2.52. The van der Waals surface area contributed by atoms with Gasteiger partial charge in [0.15, 0.2) is 11.5 Å². The Balaban J connectivity index is 2.21. The molecule has 1 fully saturated rings. The molecule has 2 heterocycles. The molecule has 0 atom stereocenters. The number of nitrogens with zero attached hydrogens (tertiary/aromatic N) is 1. The molecule has 4 nitrogen and oxygen atoms in total. The second-order valence-electron chi connectivity index (χ2n) is 6.53. The van der Waals surface area contributed by atoms with Gasteiger partial charge in [-0.05, 0) is 39.8 Å². The summed E-state index contributed by atoms with van der Waals surface area (Å²) in [4.78, 5) is 13.7. The molecular weight excluding hydrogens is 242 g/mol. The lowest BCUT2D eigenvalue weighted by atomic mass is 9.91. The van der Waals surface area contributed by atoms with E-state index in [0.29, 0.717) is 25.5 Å². The summed E-state index contributed by atoms with van der Waals surface area (Å²) < 4.78 is 11.3. The van der Waals surface area contributed by atoms with Gasteiger partial charge in [0.25, 0.3) is 0 Å². The molecule has 0 aromatic carbocycles. The van der Waals surface area contributed by atoms with E-state index in [2.05, 4.69) is 32.6 Å². The number of carbonyl (C=O) groups is 1. The number of ether oxygens (including phenoxy) is 1. The van der Waals surface area contributed by atoms with Gasteiger partial charge in [-0.15, -0.1) is 0 Å². The lowest BCUT2D eigenvalue weighted by molar-refractivity contribution is -0.133. The van der Waals surface area contributed by atoms with E-state index in [9.17, 15) is 4.79 Å². The third kappa shape index (κ3) is 2.90. The van der Waals surface area contributed by atoms with E-state index in [4.69, 9.17) is 9.15 Å². The second-order valence-corrected chi connectivity index (χ2v) is 6.53. The molecule has 1 aliphatic rings. The number of furan rings is 1. The van der Waals surface area contributed by atoms with E-state index in [0.717, 1.165) is 5.76 Å². The molecule has 106 valence electrons. The van der Waals surface area contributed by atoms with E-state index in [1.807, 2.05) is 6.07 Å². The summed E-state index contributed by atoms with van der Waals surface area (Å²) in [5, 5.41) is 0. The molecule has 1 saturated heterocycles. The monoisotopic (exact) mass is 265 g/mol. The van der Waals surface area contributed by atoms with E-state index < -0.39 is 0 Å². The summed E-state index contributed by atoms with van der Waals surface area (Å²) in [5.74, 6) is 1.22. The van der Waals surface area contributed by atoms with E-state index in [1.54, 1.807) is 6.07 Å². The molecule has 0 bridgehead atoms. The highest BCUT2D eigenvalue weighted by Crippen LogP contribution is 2.32. The predicted molar refractivity (Wildman–Crippen MR) is 73.2 cm³/mol. The first-order chi connectivity index (χ1) is 8.72. The zero-order valence-corrected chi connectivity index (χ0v) is 12.4. The molecule has 19 heavy (non-hydrogen) atoms. The number of rotatable bonds is 3. The van der Waals surface area contributed by atoms with Crippen molar-refractivity contribution < 1.29 is 13.9 Å². The molecule has 0 amide bonds. The minimum absolute atomic E-state index is 0.0354. The number of ketones is 1. The summed E-state index contributed by atoms with van der Waals surface area (Å²) in [6, 6.07) is 3.64. The molecule has 0 saturated carbocycles. The fourth-order valence-corrected chi connectivity index (χ4v) is 2.76. The van der Waals surface area contributed by atoms with Crippen LogP contribution in [0.5, 0.6) is 0 Å². The lowest BCUT2D eigenvalue weighted by Crippen LogP contribution is -2.62. The van der Waals surface area contributed by atoms with Crippen molar-refractivity contribution >= 4 is 5.78 Å². The van der Waals surface area contributed by atoms with E-state index in [1.165, 1.54) is 6.92 Å². The van der Waals surface area contributed by atoms with E-state index in [-0.39, 0.29) is 16.9 Å². The summed E-state index contributed by atoms with van der Waals surface area (Å²) in [6.45, 7) is 12.3. The van der Waals surface area contributed by atoms with Crippen LogP contribution in [0.15, 0.2) is 16.5 Å². The number of morpholine rings is 1. The van der Waals surface area contributed by atoms with Crippen molar-refractivity contribution in [2.24, 2.45) is 0 Å². The summed E-state index contributed by atoms with van der Waals surface area (Å²) in [5.41, 5.74) is -0.101. The van der Waals surface area contributed by atoms with Crippen molar-refractivity contribution in [1.29, 1.82) is 0 Å². The SMILES string of the molecule is CC(=O)c1ccc(CN2C(C)(C)COCC2(C)C)o1. The van der Waals surface area contributed by atoms with Crippen LogP contribution in [0.25, 0.3) is 0 Å². The molecule has 0 aliphatic carbocycles. The topological polar surface area (TPSA) is 42.7 Å². The zero-order chi connectivity index (χ0) is 14.3. The van der Waals surface area contributed by atoms with Gasteiger partial charge < -0.3 is 9.15 Å². The molecule has 4 heteroatoms. The Hall–Kier alpha value is -1.13. The van der Waals surface area contributed by atoms with Crippen LogP contribution in [0.4, 0.5) is 0 Å². The fourth-order valence-electron chi connectivity index (χ4n) is 2.76. The minimum atomic E-state index is -0.0507. The zero-order valence-electron chi connectivity index (χ0n) is 12.4. The first-order valence-electron chi connectivity index (χ1n) is 6.67. The molecule has 0 N–H and O–H groups in total. The molecule has 1 aromatic heterocycles. The first-order valence-corrected chi connectivity index (χ1v) is 6.67. The third-order valence-corrected chi connectivity index (χ3v) is 3.69. The van der Waals surface area contributed by atoms with Crippen LogP contribution >= 0.6 is 0 Å². The van der Waals surface area contributed by atoms with Crippen LogP contribution in [0.3, 0.4) is 0 Å². The highest BCUT2D eigenvalue weighted by Gasteiger charge is 2.42. The number of hydrogen-bond acceptors (Lipinski definition) is 4. The van der Waals surface area contributed by atoms with Crippen LogP contribution in [0.1, 0.15) is 50.9 Å². The van der Waals surface area contributed by atoms with Gasteiger partial charge in [0, 0.05) is 18.0 Å². The van der Waals surface area contributed by atoms with Gasteiger partial charge in [0.2, 0.25) is 0 Å². The molecule has 1 aliphatic heterocycles. The molecule has 0 unspecified atom stereocenters. The van der Waals surface area contributed by atoms with Crippen LogP contribution < -0.4 is 0 Å². The van der Waals surface area contributed by atoms with Crippen LogP contribution in [-0.4, -0.2) is 35.0 Å². The second kappa shape index (κ2) is 4.76. The molecule has 0 spiro atoms. The highest BCUT2D eigenvalue weighted by molar-refractivity contribution is 5.91. The van der Waals surface area contributed by atoms with Crippen molar-refractivity contribution in [2.45, 2.75) is 52.2 Å². The van der Waals surface area contributed by atoms with E-state index >= 15 is 0 Å². The van der Waals surface area contributed by atoms with Gasteiger partial charge in [-0.2, -0.15) is 0 Å². The van der Waals surface area contributed by atoms with Crippen molar-refractivity contribution in [2.75, 3.05) is 13.2 Å². The molecule has 0 radical (unpaired) electrons. The summed E-state index contributed by atoms with van der Waals surface area (Å²) in [7, 11) is 0. The Morgan fingerprint density at radius 3 is 2.26 bits per heavy atom. The maximum Gasteiger partial charge on any atom is 0.194 e. The standard InChI is InChI=1S/C15H23NO3/c1-11(17)13-7-6-12(19-13)8-16-14(2,3)9-18-10-15(16,4)5/h6-7H,8-10H2,1-5H3. The van der Waals surface area contributed by atoms with Crippen molar-refractivity contribution in [3.05, 3.63) is 23.7 Å². The van der Waals surface area contributed by atoms with Gasteiger partial charge >= 0.3 is 0 Å². The average molecular weight is 265 g/mol. The number of carbonyl (C=O) groups excluding carboxylic acids is 1. The quantitative estimate of drug-likeness (QED) is 0.788. The number of hydrogen-bond donors (Lipinski definition) is 0. The smallest absolute Gasteiger partial charge is 0.194 e. The Kier molecular flexibility index (Phi) is 3.58. The normalized spacial score (nSPS) is 22.4. The van der Waals surface area contributed by atoms with Crippen LogP contribution in [0, 0.1) is 0 Å². The Bertz CT molecular complexity index is 457. The maximum absolute atomic E-state index is 11.3. The number of Topliss-reactive ketones (excluding diaryl/α,β-unsaturated/α-hetero) is 1. The van der Waals surface area contributed by atoms with Gasteiger partial charge in [0.1, 0.15) is 5.76 Å². The Morgan fingerprint density at radius 2 is 1.79 bits per heavy atom. The average Bonchev–Trinajstić information content (AvgIpc) is 2.71. The largest absolute Gasteiger partial charge is 0.457 e. The predicted octanol–water partition coefficient (Wildman–Crippen LogP) is 2.87. The van der Waals surface area contributed by atoms with Crippen LogP contribution in [0.2, 0.25) is 0 Å². The third-order valence-electron chi connectivity index (χ3n) is 3.69. The molecule has 2 rings (SSSR count). The van der Waals surface area contributed by atoms with Crippen LogP contribution in [-0.2, 0) is 11.3 Å². The van der Waals surface area contributed by atoms with Crippen molar-refractivity contribution in [3.8, 4) is 0 Å². The maximum atomic E-state index is 11.3.